The number of carbonyl (C=O) groups excluding carboxylic acids is 1. The van der Waals surface area contributed by atoms with Crippen LogP contribution in [0.1, 0.15) is 59.4 Å². The van der Waals surface area contributed by atoms with Gasteiger partial charge in [0.05, 0.1) is 6.54 Å². The Labute approximate surface area is 193 Å². The van der Waals surface area contributed by atoms with Crippen molar-refractivity contribution >= 4 is 41.5 Å². The molecule has 1 amide bonds. The SMILES string of the molecule is CCNC(=NCc1ccc(NC(=O)C(C)C)cc1)NCC(CC)(CC)CCO.I. The number of aliphatic hydroxyl groups excluding tert-OH is 1. The molecule has 0 aliphatic heterocycles. The first-order chi connectivity index (χ1) is 13.4. The van der Waals surface area contributed by atoms with Gasteiger partial charge in [-0.05, 0) is 49.3 Å². The predicted octanol–water partition coefficient (Wildman–Crippen LogP) is 4.14. The lowest BCUT2D eigenvalue weighted by Crippen LogP contribution is -2.43. The highest BCUT2D eigenvalue weighted by Crippen LogP contribution is 2.29. The first kappa shape index (κ1) is 27.6. The van der Waals surface area contributed by atoms with Gasteiger partial charge in [0.25, 0.3) is 0 Å². The zero-order valence-corrected chi connectivity index (χ0v) is 20.9. The van der Waals surface area contributed by atoms with Crippen LogP contribution in [0.25, 0.3) is 0 Å². The van der Waals surface area contributed by atoms with Crippen molar-refractivity contribution in [3.05, 3.63) is 29.8 Å². The number of nitrogens with one attached hydrogen (secondary N) is 3. The van der Waals surface area contributed by atoms with Crippen LogP contribution < -0.4 is 16.0 Å². The van der Waals surface area contributed by atoms with Gasteiger partial charge in [-0.2, -0.15) is 0 Å². The number of guanidine groups is 1. The molecule has 1 rings (SSSR count). The summed E-state index contributed by atoms with van der Waals surface area (Å²) in [6.07, 6.45) is 2.82. The number of aliphatic imine (C=N–C) groups is 1. The molecule has 0 bridgehead atoms. The lowest BCUT2D eigenvalue weighted by molar-refractivity contribution is -0.118. The zero-order chi connectivity index (χ0) is 21.0. The molecule has 0 saturated carbocycles. The number of benzene rings is 1. The molecule has 0 saturated heterocycles. The quantitative estimate of drug-likeness (QED) is 0.202. The van der Waals surface area contributed by atoms with Crippen LogP contribution in [-0.2, 0) is 11.3 Å². The first-order valence-electron chi connectivity index (χ1n) is 10.4. The fourth-order valence-electron chi connectivity index (χ4n) is 2.94. The molecule has 0 atom stereocenters. The third-order valence-electron chi connectivity index (χ3n) is 5.28. The monoisotopic (exact) mass is 518 g/mol. The molecule has 0 unspecified atom stereocenters. The summed E-state index contributed by atoms with van der Waals surface area (Å²) in [5.74, 6) is 0.758. The Balaban J connectivity index is 0.00000784. The van der Waals surface area contributed by atoms with Crippen molar-refractivity contribution in [3.63, 3.8) is 0 Å². The lowest BCUT2D eigenvalue weighted by Gasteiger charge is -2.32. The van der Waals surface area contributed by atoms with Crippen molar-refractivity contribution in [2.24, 2.45) is 16.3 Å². The van der Waals surface area contributed by atoms with Gasteiger partial charge >= 0.3 is 0 Å². The highest BCUT2D eigenvalue weighted by atomic mass is 127. The fourth-order valence-corrected chi connectivity index (χ4v) is 2.94. The van der Waals surface area contributed by atoms with Gasteiger partial charge < -0.3 is 21.1 Å². The molecule has 0 radical (unpaired) electrons. The molecule has 29 heavy (non-hydrogen) atoms. The van der Waals surface area contributed by atoms with Crippen molar-refractivity contribution in [3.8, 4) is 0 Å². The van der Waals surface area contributed by atoms with E-state index in [1.165, 1.54) is 0 Å². The van der Waals surface area contributed by atoms with Gasteiger partial charge in [0, 0.05) is 31.3 Å². The molecule has 0 aliphatic rings. The van der Waals surface area contributed by atoms with Gasteiger partial charge in [0.15, 0.2) is 5.96 Å². The highest BCUT2D eigenvalue weighted by molar-refractivity contribution is 14.0. The maximum Gasteiger partial charge on any atom is 0.226 e. The van der Waals surface area contributed by atoms with Gasteiger partial charge in [-0.3, -0.25) is 4.79 Å². The summed E-state index contributed by atoms with van der Waals surface area (Å²) in [7, 11) is 0. The number of hydrogen-bond donors (Lipinski definition) is 4. The van der Waals surface area contributed by atoms with Crippen molar-refractivity contribution in [1.82, 2.24) is 10.6 Å². The van der Waals surface area contributed by atoms with Crippen LogP contribution in [0.15, 0.2) is 29.3 Å². The number of anilines is 1. The molecule has 1 aromatic carbocycles. The summed E-state index contributed by atoms with van der Waals surface area (Å²) in [5, 5.41) is 19.0. The number of nitrogens with zero attached hydrogens (tertiary/aromatic N) is 1. The molecular formula is C22H39IN4O2. The summed E-state index contributed by atoms with van der Waals surface area (Å²) in [4.78, 5) is 16.4. The van der Waals surface area contributed by atoms with E-state index in [1.54, 1.807) is 0 Å². The number of carbonyl (C=O) groups is 1. The van der Waals surface area contributed by atoms with E-state index in [4.69, 9.17) is 0 Å². The van der Waals surface area contributed by atoms with E-state index in [0.717, 1.165) is 49.6 Å². The van der Waals surface area contributed by atoms with Crippen LogP contribution in [0.5, 0.6) is 0 Å². The minimum Gasteiger partial charge on any atom is -0.396 e. The van der Waals surface area contributed by atoms with Crippen molar-refractivity contribution in [2.75, 3.05) is 25.0 Å². The van der Waals surface area contributed by atoms with Crippen LogP contribution in [-0.4, -0.2) is 36.7 Å². The summed E-state index contributed by atoms with van der Waals surface area (Å²) in [6, 6.07) is 7.78. The molecular weight excluding hydrogens is 479 g/mol. The number of halogens is 1. The van der Waals surface area contributed by atoms with Crippen molar-refractivity contribution < 1.29 is 9.90 Å². The van der Waals surface area contributed by atoms with Gasteiger partial charge in [-0.15, -0.1) is 24.0 Å². The predicted molar refractivity (Wildman–Crippen MR) is 133 cm³/mol. The molecule has 0 fully saturated rings. The molecule has 7 heteroatoms. The van der Waals surface area contributed by atoms with Gasteiger partial charge in [0.2, 0.25) is 5.91 Å². The summed E-state index contributed by atoms with van der Waals surface area (Å²) in [5.41, 5.74) is 1.96. The minimum absolute atomic E-state index is 0. The second-order valence-corrected chi connectivity index (χ2v) is 7.57. The Hall–Kier alpha value is -1.35. The largest absolute Gasteiger partial charge is 0.396 e. The second kappa shape index (κ2) is 14.6. The number of rotatable bonds is 11. The second-order valence-electron chi connectivity index (χ2n) is 7.57. The van der Waals surface area contributed by atoms with Gasteiger partial charge in [0.1, 0.15) is 0 Å². The molecule has 166 valence electrons. The lowest BCUT2D eigenvalue weighted by atomic mass is 9.79. The van der Waals surface area contributed by atoms with Crippen molar-refractivity contribution in [2.45, 2.75) is 60.4 Å². The van der Waals surface area contributed by atoms with Gasteiger partial charge in [-0.25, -0.2) is 4.99 Å². The van der Waals surface area contributed by atoms with Crippen LogP contribution in [0.2, 0.25) is 0 Å². The molecule has 0 spiro atoms. The zero-order valence-electron chi connectivity index (χ0n) is 18.5. The number of aliphatic hydroxyl groups is 1. The standard InChI is InChI=1S/C22H38N4O2.HI/c1-6-22(7-2,13-14-27)16-25-21(23-8-3)24-15-18-9-11-19(12-10-18)26-20(28)17(4)5;/h9-12,17,27H,6-8,13-16H2,1-5H3,(H,26,28)(H2,23,24,25);1H. The van der Waals surface area contributed by atoms with E-state index in [1.807, 2.05) is 45.0 Å². The average Bonchev–Trinajstić information content (AvgIpc) is 2.70. The molecule has 4 N–H and O–H groups in total. The minimum atomic E-state index is -0.0396. The third-order valence-corrected chi connectivity index (χ3v) is 5.28. The highest BCUT2D eigenvalue weighted by Gasteiger charge is 2.25. The Kier molecular flexibility index (Phi) is 13.9. The molecule has 0 aromatic heterocycles. The normalized spacial score (nSPS) is 11.8. The third kappa shape index (κ3) is 9.80. The number of hydrogen-bond acceptors (Lipinski definition) is 3. The van der Waals surface area contributed by atoms with Crippen molar-refractivity contribution in [1.29, 1.82) is 0 Å². The summed E-state index contributed by atoms with van der Waals surface area (Å²) in [6.45, 7) is 12.5. The summed E-state index contributed by atoms with van der Waals surface area (Å²) >= 11 is 0. The smallest absolute Gasteiger partial charge is 0.226 e. The maximum atomic E-state index is 11.8. The Morgan fingerprint density at radius 1 is 1.10 bits per heavy atom. The average molecular weight is 518 g/mol. The van der Waals surface area contributed by atoms with E-state index in [9.17, 15) is 9.90 Å². The van der Waals surface area contributed by atoms with Crippen LogP contribution in [0.3, 0.4) is 0 Å². The maximum absolute atomic E-state index is 11.8. The number of amides is 1. The van der Waals surface area contributed by atoms with E-state index in [-0.39, 0.29) is 47.8 Å². The summed E-state index contributed by atoms with van der Waals surface area (Å²) < 4.78 is 0. The molecule has 0 aliphatic carbocycles. The topological polar surface area (TPSA) is 85.8 Å². The van der Waals surface area contributed by atoms with E-state index >= 15 is 0 Å². The van der Waals surface area contributed by atoms with Crippen LogP contribution in [0, 0.1) is 11.3 Å². The fraction of sp³-hybridized carbons (Fsp3) is 0.636. The van der Waals surface area contributed by atoms with Crippen LogP contribution in [0.4, 0.5) is 5.69 Å². The van der Waals surface area contributed by atoms with Gasteiger partial charge in [-0.1, -0.05) is 39.8 Å². The molecule has 6 nitrogen and oxygen atoms in total. The first-order valence-corrected chi connectivity index (χ1v) is 10.4. The molecule has 1 aromatic rings. The Morgan fingerprint density at radius 3 is 2.21 bits per heavy atom. The molecule has 0 heterocycles. The Morgan fingerprint density at radius 2 is 1.72 bits per heavy atom. The Bertz CT molecular complexity index is 614. The van der Waals surface area contributed by atoms with E-state index in [2.05, 4.69) is 34.8 Å². The van der Waals surface area contributed by atoms with E-state index < -0.39 is 0 Å². The van der Waals surface area contributed by atoms with E-state index in [0.29, 0.717) is 6.54 Å². The van der Waals surface area contributed by atoms with Crippen LogP contribution >= 0.6 is 24.0 Å².